The number of carboxylic acid groups (broad SMARTS) is 1. The number of hydrogen-bond acceptors (Lipinski definition) is 4. The molecular formula is C12H10N2O4. The van der Waals surface area contributed by atoms with Crippen LogP contribution in [0.1, 0.15) is 16.2 Å². The van der Waals surface area contributed by atoms with Crippen LogP contribution < -0.4 is 9.47 Å². The van der Waals surface area contributed by atoms with Crippen LogP contribution >= 0.6 is 0 Å². The van der Waals surface area contributed by atoms with E-state index in [4.69, 9.17) is 9.47 Å². The lowest BCUT2D eigenvalue weighted by Crippen LogP contribution is -2.07. The van der Waals surface area contributed by atoms with Crippen LogP contribution in [0, 0.1) is 6.92 Å². The van der Waals surface area contributed by atoms with Gasteiger partial charge in [0.15, 0.2) is 17.2 Å². The molecule has 3 rings (SSSR count). The van der Waals surface area contributed by atoms with Crippen molar-refractivity contribution in [3.63, 3.8) is 0 Å². The summed E-state index contributed by atoms with van der Waals surface area (Å²) in [5.41, 5.74) is 1.30. The van der Waals surface area contributed by atoms with Crippen molar-refractivity contribution in [2.45, 2.75) is 6.92 Å². The Kier molecular flexibility index (Phi) is 2.22. The highest BCUT2D eigenvalue weighted by Gasteiger charge is 2.19. The average Bonchev–Trinajstić information content (AvgIpc) is 2.93. The first-order valence-electron chi connectivity index (χ1n) is 5.34. The van der Waals surface area contributed by atoms with Gasteiger partial charge in [-0.3, -0.25) is 4.57 Å². The molecule has 0 saturated heterocycles. The molecule has 0 bridgehead atoms. The number of rotatable bonds is 2. The first-order valence-corrected chi connectivity index (χ1v) is 5.34. The molecule has 0 atom stereocenters. The third-order valence-corrected chi connectivity index (χ3v) is 2.79. The number of benzene rings is 1. The highest BCUT2D eigenvalue weighted by Crippen LogP contribution is 2.34. The number of aromatic nitrogens is 2. The predicted molar refractivity (Wildman–Crippen MR) is 61.4 cm³/mol. The van der Waals surface area contributed by atoms with Crippen molar-refractivity contribution in [3.8, 4) is 17.2 Å². The van der Waals surface area contributed by atoms with Gasteiger partial charge < -0.3 is 14.6 Å². The molecule has 6 nitrogen and oxygen atoms in total. The van der Waals surface area contributed by atoms with E-state index in [1.165, 1.54) is 10.9 Å². The molecule has 0 radical (unpaired) electrons. The van der Waals surface area contributed by atoms with Crippen LogP contribution in [0.25, 0.3) is 5.69 Å². The maximum Gasteiger partial charge on any atom is 0.354 e. The van der Waals surface area contributed by atoms with Crippen LogP contribution in [0.3, 0.4) is 0 Å². The van der Waals surface area contributed by atoms with E-state index in [1.54, 1.807) is 25.1 Å². The van der Waals surface area contributed by atoms with Crippen LogP contribution in [0.5, 0.6) is 11.5 Å². The summed E-state index contributed by atoms with van der Waals surface area (Å²) in [5, 5.41) is 9.17. The summed E-state index contributed by atoms with van der Waals surface area (Å²) >= 11 is 0. The van der Waals surface area contributed by atoms with E-state index >= 15 is 0 Å². The molecule has 6 heteroatoms. The third kappa shape index (κ3) is 1.50. The topological polar surface area (TPSA) is 73.6 Å². The lowest BCUT2D eigenvalue weighted by molar-refractivity contribution is 0.0687. The van der Waals surface area contributed by atoms with Crippen molar-refractivity contribution in [1.29, 1.82) is 0 Å². The Morgan fingerprint density at radius 1 is 1.39 bits per heavy atom. The molecule has 0 spiro atoms. The molecule has 0 unspecified atom stereocenters. The zero-order valence-corrected chi connectivity index (χ0v) is 9.58. The van der Waals surface area contributed by atoms with Crippen molar-refractivity contribution < 1.29 is 19.4 Å². The number of fused-ring (bicyclic) bond motifs is 1. The number of hydrogen-bond donors (Lipinski definition) is 1. The van der Waals surface area contributed by atoms with Gasteiger partial charge in [0, 0.05) is 6.07 Å². The Balaban J connectivity index is 2.13. The van der Waals surface area contributed by atoms with E-state index in [-0.39, 0.29) is 12.5 Å². The van der Waals surface area contributed by atoms with Crippen molar-refractivity contribution in [2.24, 2.45) is 0 Å². The fourth-order valence-corrected chi connectivity index (χ4v) is 1.93. The highest BCUT2D eigenvalue weighted by molar-refractivity contribution is 5.87. The molecule has 1 aromatic carbocycles. The van der Waals surface area contributed by atoms with Gasteiger partial charge in [-0.05, 0) is 19.1 Å². The van der Waals surface area contributed by atoms with Crippen LogP contribution in [-0.4, -0.2) is 27.4 Å². The standard InChI is InChI=1S/C12H10N2O4/c1-7-11(12(15)16)14(5-13-7)8-2-3-9-10(4-8)18-6-17-9/h2-5H,6H2,1H3,(H,15,16). The summed E-state index contributed by atoms with van der Waals surface area (Å²) in [5.74, 6) is 0.255. The van der Waals surface area contributed by atoms with Gasteiger partial charge in [-0.25, -0.2) is 9.78 Å². The smallest absolute Gasteiger partial charge is 0.354 e. The summed E-state index contributed by atoms with van der Waals surface area (Å²) in [7, 11) is 0. The van der Waals surface area contributed by atoms with Crippen LogP contribution in [0.2, 0.25) is 0 Å². The average molecular weight is 246 g/mol. The molecule has 1 aliphatic heterocycles. The number of imidazole rings is 1. The summed E-state index contributed by atoms with van der Waals surface area (Å²) < 4.78 is 12.0. The van der Waals surface area contributed by atoms with E-state index < -0.39 is 5.97 Å². The molecule has 2 aromatic rings. The van der Waals surface area contributed by atoms with Gasteiger partial charge in [-0.1, -0.05) is 0 Å². The Hall–Kier alpha value is -2.50. The van der Waals surface area contributed by atoms with E-state index in [2.05, 4.69) is 4.98 Å². The Labute approximate surface area is 102 Å². The quantitative estimate of drug-likeness (QED) is 0.871. The molecule has 1 aromatic heterocycles. The van der Waals surface area contributed by atoms with E-state index in [0.717, 1.165) is 0 Å². The van der Waals surface area contributed by atoms with Gasteiger partial charge in [0.1, 0.15) is 6.33 Å². The predicted octanol–water partition coefficient (Wildman–Crippen LogP) is 1.61. The minimum Gasteiger partial charge on any atom is -0.477 e. The molecule has 0 saturated carbocycles. The summed E-state index contributed by atoms with van der Waals surface area (Å²) in [6.07, 6.45) is 1.48. The molecular weight excluding hydrogens is 236 g/mol. The molecule has 0 fully saturated rings. The van der Waals surface area contributed by atoms with E-state index in [9.17, 15) is 9.90 Å². The maximum atomic E-state index is 11.2. The summed E-state index contributed by atoms with van der Waals surface area (Å²) in [6, 6.07) is 5.25. The summed E-state index contributed by atoms with van der Waals surface area (Å²) in [4.78, 5) is 15.2. The lowest BCUT2D eigenvalue weighted by atomic mass is 10.2. The number of nitrogens with zero attached hydrogens (tertiary/aromatic N) is 2. The fourth-order valence-electron chi connectivity index (χ4n) is 1.93. The normalized spacial score (nSPS) is 12.7. The lowest BCUT2D eigenvalue weighted by Gasteiger charge is -2.06. The van der Waals surface area contributed by atoms with Gasteiger partial charge >= 0.3 is 5.97 Å². The second-order valence-electron chi connectivity index (χ2n) is 3.89. The molecule has 18 heavy (non-hydrogen) atoms. The van der Waals surface area contributed by atoms with Gasteiger partial charge in [-0.2, -0.15) is 0 Å². The molecule has 1 N–H and O–H groups in total. The second kappa shape index (κ2) is 3.76. The largest absolute Gasteiger partial charge is 0.477 e. The van der Waals surface area contributed by atoms with Crippen molar-refractivity contribution in [1.82, 2.24) is 9.55 Å². The molecule has 92 valence electrons. The van der Waals surface area contributed by atoms with Crippen LogP contribution in [0.15, 0.2) is 24.5 Å². The Morgan fingerprint density at radius 2 is 2.17 bits per heavy atom. The highest BCUT2D eigenvalue weighted by atomic mass is 16.7. The van der Waals surface area contributed by atoms with Crippen molar-refractivity contribution in [3.05, 3.63) is 35.9 Å². The molecule has 2 heterocycles. The van der Waals surface area contributed by atoms with Crippen molar-refractivity contribution >= 4 is 5.97 Å². The van der Waals surface area contributed by atoms with Gasteiger partial charge in [0.25, 0.3) is 0 Å². The third-order valence-electron chi connectivity index (χ3n) is 2.79. The van der Waals surface area contributed by atoms with Gasteiger partial charge in [0.2, 0.25) is 6.79 Å². The number of aryl methyl sites for hydroxylation is 1. The van der Waals surface area contributed by atoms with E-state index in [0.29, 0.717) is 22.9 Å². The Morgan fingerprint density at radius 3 is 2.94 bits per heavy atom. The minimum atomic E-state index is -1.01. The first kappa shape index (κ1) is 10.6. The van der Waals surface area contributed by atoms with Gasteiger partial charge in [0.05, 0.1) is 11.4 Å². The summed E-state index contributed by atoms with van der Waals surface area (Å²) in [6.45, 7) is 1.85. The fraction of sp³-hybridized carbons (Fsp3) is 0.167. The first-order chi connectivity index (χ1) is 8.66. The Bertz CT molecular complexity index is 633. The number of carboxylic acids is 1. The molecule has 1 aliphatic rings. The van der Waals surface area contributed by atoms with Crippen molar-refractivity contribution in [2.75, 3.05) is 6.79 Å². The zero-order chi connectivity index (χ0) is 12.7. The number of ether oxygens (including phenoxy) is 2. The molecule has 0 amide bonds. The van der Waals surface area contributed by atoms with Crippen LogP contribution in [0.4, 0.5) is 0 Å². The van der Waals surface area contributed by atoms with Crippen LogP contribution in [-0.2, 0) is 0 Å². The van der Waals surface area contributed by atoms with Gasteiger partial charge in [-0.15, -0.1) is 0 Å². The zero-order valence-electron chi connectivity index (χ0n) is 9.58. The van der Waals surface area contributed by atoms with E-state index in [1.807, 2.05) is 0 Å². The monoisotopic (exact) mass is 246 g/mol. The number of aromatic carboxylic acids is 1. The maximum absolute atomic E-state index is 11.2. The minimum absolute atomic E-state index is 0.147. The molecule has 0 aliphatic carbocycles. The number of carbonyl (C=O) groups is 1. The SMILES string of the molecule is Cc1ncn(-c2ccc3c(c2)OCO3)c1C(=O)O. The second-order valence-corrected chi connectivity index (χ2v) is 3.89.